The van der Waals surface area contributed by atoms with Gasteiger partial charge in [-0.1, -0.05) is 36.4 Å². The van der Waals surface area contributed by atoms with Gasteiger partial charge in [0.1, 0.15) is 5.76 Å². The molecule has 3 rings (SSSR count). The number of furan rings is 1. The Morgan fingerprint density at radius 1 is 0.920 bits per heavy atom. The van der Waals surface area contributed by atoms with E-state index in [0.29, 0.717) is 29.2 Å². The molecule has 3 aromatic rings. The van der Waals surface area contributed by atoms with Gasteiger partial charge in [0.2, 0.25) is 0 Å². The summed E-state index contributed by atoms with van der Waals surface area (Å²) in [6.45, 7) is 0.343. The lowest BCUT2D eigenvalue weighted by molar-refractivity contribution is 0.0947. The monoisotopic (exact) mass is 351 g/mol. The molecule has 126 valence electrons. The van der Waals surface area contributed by atoms with Gasteiger partial charge in [0.15, 0.2) is 5.78 Å². The van der Waals surface area contributed by atoms with Crippen LogP contribution in [0.1, 0.15) is 26.5 Å². The highest BCUT2D eigenvalue weighted by Crippen LogP contribution is 2.20. The minimum absolute atomic E-state index is 0.0678. The molecule has 1 N–H and O–H groups in total. The summed E-state index contributed by atoms with van der Waals surface area (Å²) in [5, 5.41) is 2.81. The van der Waals surface area contributed by atoms with E-state index in [2.05, 4.69) is 5.32 Å². The van der Waals surface area contributed by atoms with Crippen molar-refractivity contribution in [1.29, 1.82) is 0 Å². The Morgan fingerprint density at radius 3 is 2.48 bits per heavy atom. The third-order valence-corrected chi connectivity index (χ3v) is 4.56. The predicted octanol–water partition coefficient (Wildman–Crippen LogP) is 4.18. The second-order valence-corrected chi connectivity index (χ2v) is 6.42. The molecule has 1 heterocycles. The molecule has 0 aliphatic carbocycles. The van der Waals surface area contributed by atoms with Gasteiger partial charge in [-0.2, -0.15) is 0 Å². The lowest BCUT2D eigenvalue weighted by Crippen LogP contribution is -2.22. The van der Waals surface area contributed by atoms with Crippen molar-refractivity contribution in [2.45, 2.75) is 11.4 Å². The maximum absolute atomic E-state index is 12.2. The van der Waals surface area contributed by atoms with Gasteiger partial charge in [0.05, 0.1) is 18.6 Å². The van der Waals surface area contributed by atoms with Gasteiger partial charge in [0.25, 0.3) is 5.91 Å². The van der Waals surface area contributed by atoms with Crippen LogP contribution in [0, 0.1) is 0 Å². The molecule has 0 saturated heterocycles. The maximum atomic E-state index is 12.2. The number of hydrogen-bond acceptors (Lipinski definition) is 4. The number of benzene rings is 2. The first-order valence-electron chi connectivity index (χ1n) is 7.84. The third-order valence-electron chi connectivity index (χ3n) is 3.57. The molecule has 0 radical (unpaired) electrons. The SMILES string of the molecule is O=C(CSc1cccc(C(=O)NCc2ccco2)c1)c1ccccc1. The largest absolute Gasteiger partial charge is 0.467 e. The number of nitrogens with one attached hydrogen (secondary N) is 1. The van der Waals surface area contributed by atoms with Crippen LogP contribution in [0.5, 0.6) is 0 Å². The summed E-state index contributed by atoms with van der Waals surface area (Å²) in [4.78, 5) is 25.3. The molecule has 0 fully saturated rings. The van der Waals surface area contributed by atoms with E-state index >= 15 is 0 Å². The topological polar surface area (TPSA) is 59.3 Å². The van der Waals surface area contributed by atoms with Crippen LogP contribution in [0.3, 0.4) is 0 Å². The van der Waals surface area contributed by atoms with Crippen molar-refractivity contribution in [2.75, 3.05) is 5.75 Å². The minimum Gasteiger partial charge on any atom is -0.467 e. The minimum atomic E-state index is -0.173. The number of amides is 1. The molecular weight excluding hydrogens is 334 g/mol. The zero-order chi connectivity index (χ0) is 17.5. The predicted molar refractivity (Wildman–Crippen MR) is 97.8 cm³/mol. The zero-order valence-corrected chi connectivity index (χ0v) is 14.3. The Labute approximate surface area is 150 Å². The second-order valence-electron chi connectivity index (χ2n) is 5.37. The highest BCUT2D eigenvalue weighted by Gasteiger charge is 2.09. The zero-order valence-electron chi connectivity index (χ0n) is 13.5. The van der Waals surface area contributed by atoms with Crippen LogP contribution in [-0.4, -0.2) is 17.4 Å². The molecule has 2 aromatic carbocycles. The highest BCUT2D eigenvalue weighted by molar-refractivity contribution is 8.00. The Kier molecular flexibility index (Phi) is 5.69. The van der Waals surface area contributed by atoms with E-state index in [4.69, 9.17) is 4.42 Å². The molecule has 0 unspecified atom stereocenters. The fourth-order valence-electron chi connectivity index (χ4n) is 2.27. The number of rotatable bonds is 7. The van der Waals surface area contributed by atoms with Crippen molar-refractivity contribution < 1.29 is 14.0 Å². The summed E-state index contributed by atoms with van der Waals surface area (Å²) in [7, 11) is 0. The first-order chi connectivity index (χ1) is 12.2. The summed E-state index contributed by atoms with van der Waals surface area (Å²) in [6.07, 6.45) is 1.57. The molecule has 0 spiro atoms. The average molecular weight is 351 g/mol. The van der Waals surface area contributed by atoms with Crippen molar-refractivity contribution in [1.82, 2.24) is 5.32 Å². The third kappa shape index (κ3) is 4.84. The highest BCUT2D eigenvalue weighted by atomic mass is 32.2. The summed E-state index contributed by atoms with van der Waals surface area (Å²) >= 11 is 1.42. The normalized spacial score (nSPS) is 10.4. The Morgan fingerprint density at radius 2 is 1.72 bits per heavy atom. The van der Waals surface area contributed by atoms with E-state index in [9.17, 15) is 9.59 Å². The van der Waals surface area contributed by atoms with Crippen LogP contribution >= 0.6 is 11.8 Å². The molecule has 1 aromatic heterocycles. The van der Waals surface area contributed by atoms with Crippen LogP contribution in [-0.2, 0) is 6.54 Å². The van der Waals surface area contributed by atoms with Gasteiger partial charge in [-0.25, -0.2) is 0 Å². The molecule has 5 heteroatoms. The fraction of sp³-hybridized carbons (Fsp3) is 0.100. The molecule has 1 amide bonds. The molecule has 25 heavy (non-hydrogen) atoms. The van der Waals surface area contributed by atoms with Crippen molar-refractivity contribution >= 4 is 23.5 Å². The summed E-state index contributed by atoms with van der Waals surface area (Å²) < 4.78 is 5.19. The van der Waals surface area contributed by atoms with Gasteiger partial charge in [-0.05, 0) is 30.3 Å². The van der Waals surface area contributed by atoms with E-state index < -0.39 is 0 Å². The van der Waals surface area contributed by atoms with E-state index in [1.165, 1.54) is 11.8 Å². The number of Topliss-reactive ketones (excluding diaryl/α,β-unsaturated/α-hetero) is 1. The lowest BCUT2D eigenvalue weighted by atomic mass is 10.2. The molecule has 0 bridgehead atoms. The smallest absolute Gasteiger partial charge is 0.251 e. The van der Waals surface area contributed by atoms with Crippen LogP contribution in [0.2, 0.25) is 0 Å². The Balaban J connectivity index is 1.57. The number of ketones is 1. The number of carbonyl (C=O) groups excluding carboxylic acids is 2. The lowest BCUT2D eigenvalue weighted by Gasteiger charge is -2.06. The van der Waals surface area contributed by atoms with Crippen molar-refractivity contribution in [3.8, 4) is 0 Å². The molecule has 4 nitrogen and oxygen atoms in total. The molecular formula is C20H17NO3S. The van der Waals surface area contributed by atoms with Crippen LogP contribution in [0.15, 0.2) is 82.3 Å². The van der Waals surface area contributed by atoms with E-state index in [0.717, 1.165) is 4.90 Å². The van der Waals surface area contributed by atoms with Crippen molar-refractivity contribution in [3.63, 3.8) is 0 Å². The van der Waals surface area contributed by atoms with Gasteiger partial charge in [-0.3, -0.25) is 9.59 Å². The van der Waals surface area contributed by atoms with E-state index in [1.807, 2.05) is 36.4 Å². The van der Waals surface area contributed by atoms with Gasteiger partial charge < -0.3 is 9.73 Å². The van der Waals surface area contributed by atoms with Crippen LogP contribution in [0.4, 0.5) is 0 Å². The second kappa shape index (κ2) is 8.35. The number of hydrogen-bond donors (Lipinski definition) is 1. The van der Waals surface area contributed by atoms with Crippen LogP contribution < -0.4 is 5.32 Å². The summed E-state index contributed by atoms with van der Waals surface area (Å²) in [5.74, 6) is 0.931. The Hall–Kier alpha value is -2.79. The molecule has 0 aliphatic heterocycles. The number of carbonyl (C=O) groups is 2. The quantitative estimate of drug-likeness (QED) is 0.512. The molecule has 0 aliphatic rings. The van der Waals surface area contributed by atoms with E-state index in [-0.39, 0.29) is 11.7 Å². The van der Waals surface area contributed by atoms with Crippen molar-refractivity contribution in [2.24, 2.45) is 0 Å². The van der Waals surface area contributed by atoms with Gasteiger partial charge >= 0.3 is 0 Å². The van der Waals surface area contributed by atoms with Gasteiger partial charge in [-0.15, -0.1) is 11.8 Å². The number of thioether (sulfide) groups is 1. The maximum Gasteiger partial charge on any atom is 0.251 e. The standard InChI is InChI=1S/C20H17NO3S/c22-19(15-6-2-1-3-7-15)14-25-18-10-4-8-16(12-18)20(23)21-13-17-9-5-11-24-17/h1-12H,13-14H2,(H,21,23). The fourth-order valence-corrected chi connectivity index (χ4v) is 3.12. The van der Waals surface area contributed by atoms with Gasteiger partial charge in [0, 0.05) is 16.0 Å². The summed E-state index contributed by atoms with van der Waals surface area (Å²) in [6, 6.07) is 20.0. The van der Waals surface area contributed by atoms with Crippen molar-refractivity contribution in [3.05, 3.63) is 89.9 Å². The molecule has 0 atom stereocenters. The first kappa shape index (κ1) is 17.0. The molecule has 0 saturated carbocycles. The first-order valence-corrected chi connectivity index (χ1v) is 8.82. The van der Waals surface area contributed by atoms with Crippen LogP contribution in [0.25, 0.3) is 0 Å². The Bertz CT molecular complexity index is 844. The average Bonchev–Trinajstić information content (AvgIpc) is 3.19. The van der Waals surface area contributed by atoms with E-state index in [1.54, 1.807) is 36.6 Å². The summed E-state index contributed by atoms with van der Waals surface area (Å²) in [5.41, 5.74) is 1.26.